The minimum absolute atomic E-state index is 0.589. The van der Waals surface area contributed by atoms with Crippen LogP contribution in [0.4, 0.5) is 5.69 Å². The van der Waals surface area contributed by atoms with Crippen molar-refractivity contribution in [2.75, 3.05) is 5.73 Å². The van der Waals surface area contributed by atoms with Gasteiger partial charge in [-0.1, -0.05) is 35.9 Å². The Kier molecular flexibility index (Phi) is 3.76. The van der Waals surface area contributed by atoms with Gasteiger partial charge in [-0.25, -0.2) is 9.97 Å². The summed E-state index contributed by atoms with van der Waals surface area (Å²) in [5, 5.41) is 2.64. The van der Waals surface area contributed by atoms with E-state index in [1.165, 1.54) is 0 Å². The van der Waals surface area contributed by atoms with Gasteiger partial charge < -0.3 is 5.73 Å². The second-order valence-corrected chi connectivity index (χ2v) is 5.71. The molecule has 2 aromatic carbocycles. The number of anilines is 1. The molecule has 100 valence electrons. The van der Waals surface area contributed by atoms with Gasteiger partial charge in [-0.2, -0.15) is 0 Å². The minimum atomic E-state index is 0.589. The van der Waals surface area contributed by atoms with Crippen molar-refractivity contribution in [3.05, 3.63) is 59.4 Å². The third-order valence-electron chi connectivity index (χ3n) is 2.94. The standard InChI is InChI=1S/C15H12ClN3S/c16-12-6-5-10(7-13(12)17)8-20-15-11-3-1-2-4-14(11)18-9-19-15/h1-7,9H,8,17H2. The predicted molar refractivity (Wildman–Crippen MR) is 85.0 cm³/mol. The second kappa shape index (κ2) is 5.69. The molecule has 0 atom stereocenters. The molecule has 0 aliphatic carbocycles. The van der Waals surface area contributed by atoms with Crippen molar-refractivity contribution >= 4 is 40.0 Å². The topological polar surface area (TPSA) is 51.8 Å². The number of nitrogens with two attached hydrogens (primary N) is 1. The molecule has 0 spiro atoms. The van der Waals surface area contributed by atoms with Crippen molar-refractivity contribution in [2.45, 2.75) is 10.8 Å². The maximum absolute atomic E-state index is 5.92. The van der Waals surface area contributed by atoms with Crippen LogP contribution in [0.25, 0.3) is 10.9 Å². The molecule has 0 unspecified atom stereocenters. The second-order valence-electron chi connectivity index (χ2n) is 4.34. The van der Waals surface area contributed by atoms with E-state index in [1.54, 1.807) is 18.1 Å². The van der Waals surface area contributed by atoms with E-state index in [0.29, 0.717) is 10.7 Å². The number of halogens is 1. The van der Waals surface area contributed by atoms with E-state index in [-0.39, 0.29) is 0 Å². The van der Waals surface area contributed by atoms with Crippen LogP contribution in [0.3, 0.4) is 0 Å². The Labute approximate surface area is 126 Å². The lowest BCUT2D eigenvalue weighted by Gasteiger charge is -2.06. The van der Waals surface area contributed by atoms with E-state index >= 15 is 0 Å². The molecule has 5 heteroatoms. The van der Waals surface area contributed by atoms with Crippen LogP contribution in [0.15, 0.2) is 53.8 Å². The third-order valence-corrected chi connectivity index (χ3v) is 4.36. The quantitative estimate of drug-likeness (QED) is 0.448. The van der Waals surface area contributed by atoms with E-state index < -0.39 is 0 Å². The van der Waals surface area contributed by atoms with E-state index in [1.807, 2.05) is 42.5 Å². The Bertz CT molecular complexity index is 756. The fraction of sp³-hybridized carbons (Fsp3) is 0.0667. The molecular weight excluding hydrogens is 290 g/mol. The van der Waals surface area contributed by atoms with Crippen molar-refractivity contribution in [1.82, 2.24) is 9.97 Å². The average Bonchev–Trinajstić information content (AvgIpc) is 2.48. The lowest BCUT2D eigenvalue weighted by molar-refractivity contribution is 1.10. The SMILES string of the molecule is Nc1cc(CSc2ncnc3ccccc23)ccc1Cl. The van der Waals surface area contributed by atoms with E-state index in [0.717, 1.165) is 27.2 Å². The highest BCUT2D eigenvalue weighted by molar-refractivity contribution is 7.98. The number of para-hydroxylation sites is 1. The molecular formula is C15H12ClN3S. The van der Waals surface area contributed by atoms with E-state index in [9.17, 15) is 0 Å². The summed E-state index contributed by atoms with van der Waals surface area (Å²) in [7, 11) is 0. The number of hydrogen-bond acceptors (Lipinski definition) is 4. The predicted octanol–water partition coefficient (Wildman–Crippen LogP) is 4.16. The Balaban J connectivity index is 1.85. The first kappa shape index (κ1) is 13.2. The molecule has 0 fully saturated rings. The highest BCUT2D eigenvalue weighted by atomic mass is 35.5. The summed E-state index contributed by atoms with van der Waals surface area (Å²) >= 11 is 7.59. The van der Waals surface area contributed by atoms with Gasteiger partial charge in [-0.3, -0.25) is 0 Å². The Morgan fingerprint density at radius 2 is 1.95 bits per heavy atom. The number of benzene rings is 2. The zero-order valence-corrected chi connectivity index (χ0v) is 12.2. The summed E-state index contributed by atoms with van der Waals surface area (Å²) in [5.41, 5.74) is 8.51. The molecule has 3 nitrogen and oxygen atoms in total. The van der Waals surface area contributed by atoms with Gasteiger partial charge in [0, 0.05) is 11.1 Å². The number of hydrogen-bond donors (Lipinski definition) is 1. The van der Waals surface area contributed by atoms with Crippen LogP contribution < -0.4 is 5.73 Å². The molecule has 0 saturated heterocycles. The largest absolute Gasteiger partial charge is 0.398 e. The summed E-state index contributed by atoms with van der Waals surface area (Å²) in [6.07, 6.45) is 1.60. The van der Waals surface area contributed by atoms with E-state index in [4.69, 9.17) is 17.3 Å². The number of aromatic nitrogens is 2. The van der Waals surface area contributed by atoms with Crippen molar-refractivity contribution in [1.29, 1.82) is 0 Å². The number of rotatable bonds is 3. The highest BCUT2D eigenvalue weighted by Crippen LogP contribution is 2.28. The monoisotopic (exact) mass is 301 g/mol. The maximum Gasteiger partial charge on any atom is 0.117 e. The molecule has 0 aliphatic rings. The normalized spacial score (nSPS) is 10.8. The average molecular weight is 302 g/mol. The molecule has 0 saturated carbocycles. The maximum atomic E-state index is 5.92. The van der Waals surface area contributed by atoms with Gasteiger partial charge in [0.2, 0.25) is 0 Å². The Hall–Kier alpha value is -1.78. The van der Waals surface area contributed by atoms with Crippen LogP contribution >= 0.6 is 23.4 Å². The van der Waals surface area contributed by atoms with Gasteiger partial charge in [0.1, 0.15) is 11.4 Å². The van der Waals surface area contributed by atoms with Gasteiger partial charge in [0.25, 0.3) is 0 Å². The highest BCUT2D eigenvalue weighted by Gasteiger charge is 2.05. The van der Waals surface area contributed by atoms with Crippen molar-refractivity contribution < 1.29 is 0 Å². The molecule has 0 bridgehead atoms. The summed E-state index contributed by atoms with van der Waals surface area (Å²) in [4.78, 5) is 8.62. The van der Waals surface area contributed by atoms with Crippen molar-refractivity contribution in [2.24, 2.45) is 0 Å². The van der Waals surface area contributed by atoms with Gasteiger partial charge in [-0.15, -0.1) is 11.8 Å². The molecule has 3 rings (SSSR count). The van der Waals surface area contributed by atoms with Gasteiger partial charge in [-0.05, 0) is 23.8 Å². The van der Waals surface area contributed by atoms with Crippen LogP contribution in [0.1, 0.15) is 5.56 Å². The summed E-state index contributed by atoms with van der Waals surface area (Å²) in [6.45, 7) is 0. The van der Waals surface area contributed by atoms with Gasteiger partial charge in [0.15, 0.2) is 0 Å². The zero-order valence-electron chi connectivity index (χ0n) is 10.6. The molecule has 1 heterocycles. The number of nitrogens with zero attached hydrogens (tertiary/aromatic N) is 2. The fourth-order valence-electron chi connectivity index (χ4n) is 1.93. The smallest absolute Gasteiger partial charge is 0.117 e. The van der Waals surface area contributed by atoms with Gasteiger partial charge in [0.05, 0.1) is 16.2 Å². The van der Waals surface area contributed by atoms with Gasteiger partial charge >= 0.3 is 0 Å². The number of thioether (sulfide) groups is 1. The third kappa shape index (κ3) is 2.71. The summed E-state index contributed by atoms with van der Waals surface area (Å²) in [6, 6.07) is 13.7. The molecule has 0 amide bonds. The van der Waals surface area contributed by atoms with Crippen LogP contribution in [0.5, 0.6) is 0 Å². The van der Waals surface area contributed by atoms with Crippen LogP contribution in [-0.2, 0) is 5.75 Å². The van der Waals surface area contributed by atoms with Crippen LogP contribution in [0.2, 0.25) is 5.02 Å². The zero-order chi connectivity index (χ0) is 13.9. The molecule has 3 aromatic rings. The summed E-state index contributed by atoms with van der Waals surface area (Å²) < 4.78 is 0. The van der Waals surface area contributed by atoms with Crippen LogP contribution in [0, 0.1) is 0 Å². The van der Waals surface area contributed by atoms with Crippen molar-refractivity contribution in [3.8, 4) is 0 Å². The molecule has 1 aromatic heterocycles. The number of fused-ring (bicyclic) bond motifs is 1. The summed E-state index contributed by atoms with van der Waals surface area (Å²) in [5.74, 6) is 0.794. The minimum Gasteiger partial charge on any atom is -0.398 e. The molecule has 2 N–H and O–H groups in total. The lowest BCUT2D eigenvalue weighted by Crippen LogP contribution is -1.90. The first-order valence-corrected chi connectivity index (χ1v) is 7.47. The first-order valence-electron chi connectivity index (χ1n) is 6.10. The van der Waals surface area contributed by atoms with E-state index in [2.05, 4.69) is 9.97 Å². The first-order chi connectivity index (χ1) is 9.74. The van der Waals surface area contributed by atoms with Crippen molar-refractivity contribution in [3.63, 3.8) is 0 Å². The van der Waals surface area contributed by atoms with Crippen LogP contribution in [-0.4, -0.2) is 9.97 Å². The Morgan fingerprint density at radius 3 is 2.80 bits per heavy atom. The lowest BCUT2D eigenvalue weighted by atomic mass is 10.2. The fourth-order valence-corrected chi connectivity index (χ4v) is 2.98. The molecule has 0 radical (unpaired) electrons. The molecule has 20 heavy (non-hydrogen) atoms. The Morgan fingerprint density at radius 1 is 1.10 bits per heavy atom. The number of nitrogen functional groups attached to an aromatic ring is 1. The molecule has 0 aliphatic heterocycles.